The van der Waals surface area contributed by atoms with E-state index < -0.39 is 6.61 Å². The number of benzene rings is 1. The Morgan fingerprint density at radius 1 is 1.36 bits per heavy atom. The minimum atomic E-state index is -2.86. The van der Waals surface area contributed by atoms with E-state index in [2.05, 4.69) is 24.1 Å². The Bertz CT molecular complexity index is 495. The Hall–Kier alpha value is -1.40. The molecule has 1 fully saturated rings. The summed E-state index contributed by atoms with van der Waals surface area (Å²) < 4.78 is 35.6. The van der Waals surface area contributed by atoms with Crippen molar-refractivity contribution in [1.29, 1.82) is 0 Å². The summed E-state index contributed by atoms with van der Waals surface area (Å²) >= 11 is 0. The molecule has 0 atom stereocenters. The first kappa shape index (κ1) is 17.0. The van der Waals surface area contributed by atoms with Crippen LogP contribution in [0.1, 0.15) is 26.3 Å². The van der Waals surface area contributed by atoms with Crippen LogP contribution < -0.4 is 14.8 Å². The summed E-state index contributed by atoms with van der Waals surface area (Å²) in [7, 11) is 0. The predicted molar refractivity (Wildman–Crippen MR) is 81.6 cm³/mol. The minimum absolute atomic E-state index is 0.0134. The quantitative estimate of drug-likeness (QED) is 0.875. The van der Waals surface area contributed by atoms with Gasteiger partial charge in [0.25, 0.3) is 0 Å². The Morgan fingerprint density at radius 3 is 2.77 bits per heavy atom. The third kappa shape index (κ3) is 4.55. The summed E-state index contributed by atoms with van der Waals surface area (Å²) in [6, 6.07) is 5.29. The molecule has 1 N–H and O–H groups in total. The smallest absolute Gasteiger partial charge is 0.387 e. The van der Waals surface area contributed by atoms with Crippen LogP contribution in [0.5, 0.6) is 11.5 Å². The van der Waals surface area contributed by atoms with E-state index in [1.165, 1.54) is 0 Å². The van der Waals surface area contributed by atoms with Crippen molar-refractivity contribution >= 4 is 0 Å². The number of hydrogen-bond donors (Lipinski definition) is 1. The molecule has 1 saturated heterocycles. The summed E-state index contributed by atoms with van der Waals surface area (Å²) in [5.41, 5.74) is 0.739. The number of ether oxygens (including phenoxy) is 2. The number of para-hydroxylation sites is 1. The standard InChI is InChI=1S/C16H24F2N2O2/c1-4-21-13-7-5-6-12(14(13)22-15(17)18)10-20-9-8-19-16(2,3)11-20/h5-7,15,19H,4,8-11H2,1-3H3. The maximum Gasteiger partial charge on any atom is 0.387 e. The predicted octanol–water partition coefficient (Wildman–Crippen LogP) is 2.87. The number of nitrogens with one attached hydrogen (secondary N) is 1. The fourth-order valence-electron chi connectivity index (χ4n) is 2.80. The molecular formula is C16H24F2N2O2. The van der Waals surface area contributed by atoms with Crippen LogP contribution in [0.15, 0.2) is 18.2 Å². The van der Waals surface area contributed by atoms with Crippen LogP contribution in [0.3, 0.4) is 0 Å². The van der Waals surface area contributed by atoms with Gasteiger partial charge in [-0.2, -0.15) is 8.78 Å². The first-order valence-corrected chi connectivity index (χ1v) is 7.58. The van der Waals surface area contributed by atoms with Crippen molar-refractivity contribution in [2.45, 2.75) is 39.5 Å². The normalized spacial score (nSPS) is 18.5. The van der Waals surface area contributed by atoms with Gasteiger partial charge in [0.15, 0.2) is 11.5 Å². The molecule has 0 amide bonds. The average molecular weight is 314 g/mol. The molecule has 0 spiro atoms. The zero-order chi connectivity index (χ0) is 16.2. The van der Waals surface area contributed by atoms with Crippen molar-refractivity contribution in [1.82, 2.24) is 10.2 Å². The van der Waals surface area contributed by atoms with E-state index in [1.54, 1.807) is 6.07 Å². The minimum Gasteiger partial charge on any atom is -0.490 e. The molecule has 2 rings (SSSR count). The molecule has 1 aromatic carbocycles. The summed E-state index contributed by atoms with van der Waals surface area (Å²) in [4.78, 5) is 2.24. The molecule has 0 aromatic heterocycles. The zero-order valence-electron chi connectivity index (χ0n) is 13.4. The topological polar surface area (TPSA) is 33.7 Å². The van der Waals surface area contributed by atoms with Gasteiger partial charge in [0.2, 0.25) is 0 Å². The van der Waals surface area contributed by atoms with E-state index in [-0.39, 0.29) is 11.3 Å². The summed E-state index contributed by atoms with van der Waals surface area (Å²) in [6.07, 6.45) is 0. The van der Waals surface area contributed by atoms with E-state index in [0.29, 0.717) is 18.9 Å². The van der Waals surface area contributed by atoms with Gasteiger partial charge in [0, 0.05) is 37.3 Å². The van der Waals surface area contributed by atoms with Gasteiger partial charge in [-0.1, -0.05) is 12.1 Å². The molecule has 4 nitrogen and oxygen atoms in total. The lowest BCUT2D eigenvalue weighted by molar-refractivity contribution is -0.0525. The van der Waals surface area contributed by atoms with Gasteiger partial charge in [0.1, 0.15) is 0 Å². The van der Waals surface area contributed by atoms with Crippen LogP contribution in [0.2, 0.25) is 0 Å². The third-order valence-electron chi connectivity index (χ3n) is 3.61. The van der Waals surface area contributed by atoms with Gasteiger partial charge in [-0.3, -0.25) is 4.90 Å². The number of rotatable bonds is 6. The lowest BCUT2D eigenvalue weighted by Gasteiger charge is -2.39. The highest BCUT2D eigenvalue weighted by atomic mass is 19.3. The maximum absolute atomic E-state index is 12.7. The van der Waals surface area contributed by atoms with Gasteiger partial charge in [-0.25, -0.2) is 0 Å². The van der Waals surface area contributed by atoms with E-state index in [9.17, 15) is 8.78 Å². The molecule has 0 bridgehead atoms. The molecule has 0 radical (unpaired) electrons. The lowest BCUT2D eigenvalue weighted by Crippen LogP contribution is -2.56. The fourth-order valence-corrected chi connectivity index (χ4v) is 2.80. The van der Waals surface area contributed by atoms with E-state index in [1.807, 2.05) is 19.1 Å². The summed E-state index contributed by atoms with van der Waals surface area (Å²) in [6.45, 7) is 6.79. The van der Waals surface area contributed by atoms with Crippen LogP contribution in [-0.4, -0.2) is 43.3 Å². The van der Waals surface area contributed by atoms with E-state index >= 15 is 0 Å². The van der Waals surface area contributed by atoms with Crippen molar-refractivity contribution in [3.63, 3.8) is 0 Å². The number of hydrogen-bond acceptors (Lipinski definition) is 4. The molecule has 0 saturated carbocycles. The van der Waals surface area contributed by atoms with Gasteiger partial charge in [-0.05, 0) is 26.8 Å². The third-order valence-corrected chi connectivity index (χ3v) is 3.61. The largest absolute Gasteiger partial charge is 0.490 e. The molecule has 1 heterocycles. The molecular weight excluding hydrogens is 290 g/mol. The molecule has 1 aliphatic heterocycles. The summed E-state index contributed by atoms with van der Waals surface area (Å²) in [5.74, 6) is 0.519. The molecule has 22 heavy (non-hydrogen) atoms. The van der Waals surface area contributed by atoms with Crippen LogP contribution >= 0.6 is 0 Å². The van der Waals surface area contributed by atoms with Gasteiger partial charge in [-0.15, -0.1) is 0 Å². The molecule has 6 heteroatoms. The molecule has 124 valence electrons. The number of nitrogens with zero attached hydrogens (tertiary/aromatic N) is 1. The van der Waals surface area contributed by atoms with Crippen molar-refractivity contribution < 1.29 is 18.3 Å². The van der Waals surface area contributed by atoms with Crippen molar-refractivity contribution in [3.05, 3.63) is 23.8 Å². The first-order chi connectivity index (χ1) is 10.4. The zero-order valence-corrected chi connectivity index (χ0v) is 13.4. The SMILES string of the molecule is CCOc1cccc(CN2CCNC(C)(C)C2)c1OC(F)F. The van der Waals surface area contributed by atoms with Crippen LogP contribution in [0, 0.1) is 0 Å². The van der Waals surface area contributed by atoms with E-state index in [4.69, 9.17) is 9.47 Å². The Morgan fingerprint density at radius 2 is 2.14 bits per heavy atom. The monoisotopic (exact) mass is 314 g/mol. The molecule has 0 unspecified atom stereocenters. The lowest BCUT2D eigenvalue weighted by atomic mass is 10.0. The van der Waals surface area contributed by atoms with Gasteiger partial charge >= 0.3 is 6.61 Å². The Kier molecular flexibility index (Phi) is 5.58. The second kappa shape index (κ2) is 7.24. The highest BCUT2D eigenvalue weighted by molar-refractivity contribution is 5.46. The number of halogens is 2. The Labute approximate surface area is 130 Å². The van der Waals surface area contributed by atoms with Gasteiger partial charge < -0.3 is 14.8 Å². The highest BCUT2D eigenvalue weighted by Gasteiger charge is 2.27. The highest BCUT2D eigenvalue weighted by Crippen LogP contribution is 2.34. The first-order valence-electron chi connectivity index (χ1n) is 7.58. The number of alkyl halides is 2. The molecule has 0 aliphatic carbocycles. The average Bonchev–Trinajstić information content (AvgIpc) is 2.41. The Balaban J connectivity index is 2.20. The molecule has 1 aromatic rings. The maximum atomic E-state index is 12.7. The second-order valence-corrected chi connectivity index (χ2v) is 6.08. The van der Waals surface area contributed by atoms with E-state index in [0.717, 1.165) is 25.2 Å². The number of piperazine rings is 1. The molecule has 1 aliphatic rings. The van der Waals surface area contributed by atoms with Crippen molar-refractivity contribution in [3.8, 4) is 11.5 Å². The summed E-state index contributed by atoms with van der Waals surface area (Å²) in [5, 5.41) is 3.44. The van der Waals surface area contributed by atoms with Crippen LogP contribution in [-0.2, 0) is 6.54 Å². The fraction of sp³-hybridized carbons (Fsp3) is 0.625. The van der Waals surface area contributed by atoms with Crippen LogP contribution in [0.4, 0.5) is 8.78 Å². The second-order valence-electron chi connectivity index (χ2n) is 6.08. The van der Waals surface area contributed by atoms with Crippen molar-refractivity contribution in [2.24, 2.45) is 0 Å². The van der Waals surface area contributed by atoms with Crippen molar-refractivity contribution in [2.75, 3.05) is 26.2 Å². The van der Waals surface area contributed by atoms with Crippen LogP contribution in [0.25, 0.3) is 0 Å². The van der Waals surface area contributed by atoms with Gasteiger partial charge in [0.05, 0.1) is 6.61 Å².